The maximum atomic E-state index is 11.2. The van der Waals surface area contributed by atoms with Crippen molar-refractivity contribution in [2.45, 2.75) is 26.3 Å². The molecule has 2 heterocycles. The normalized spacial score (nSPS) is 12.6. The molecule has 3 aromatic rings. The second-order valence-corrected chi connectivity index (χ2v) is 5.55. The first-order valence-corrected chi connectivity index (χ1v) is 7.66. The van der Waals surface area contributed by atoms with Crippen molar-refractivity contribution in [2.24, 2.45) is 0 Å². The van der Waals surface area contributed by atoms with Gasteiger partial charge in [-0.1, -0.05) is 19.9 Å². The van der Waals surface area contributed by atoms with Gasteiger partial charge in [0.25, 0.3) is 0 Å². The molecule has 0 radical (unpaired) electrons. The number of benzene rings is 1. The van der Waals surface area contributed by atoms with Gasteiger partial charge in [-0.05, 0) is 12.1 Å². The zero-order chi connectivity index (χ0) is 19.6. The van der Waals surface area contributed by atoms with Crippen molar-refractivity contribution in [3.05, 3.63) is 60.1 Å². The van der Waals surface area contributed by atoms with E-state index in [1.807, 2.05) is 13.8 Å². The second kappa shape index (κ2) is 7.12. The molecule has 2 aromatic heterocycles. The molecule has 1 aromatic carbocycles. The number of nitrogens with zero attached hydrogens (tertiary/aromatic N) is 4. The van der Waals surface area contributed by atoms with Crippen LogP contribution in [0.4, 0.5) is 0 Å². The van der Waals surface area contributed by atoms with Crippen LogP contribution in [0.5, 0.6) is 11.5 Å². The van der Waals surface area contributed by atoms with Gasteiger partial charge in [-0.15, -0.1) is 0 Å². The van der Waals surface area contributed by atoms with Gasteiger partial charge in [0.2, 0.25) is 0 Å². The molecule has 25 heavy (non-hydrogen) atoms. The van der Waals surface area contributed by atoms with Gasteiger partial charge in [0.1, 0.15) is 29.6 Å². The molecule has 0 fully saturated rings. The standard InChI is InChI=1S/C18H18N4O3/c1-12(2)17-21-8-9-22(17)18-14(19-6-7-20-18)11-25-16-5-3-4-15(24)13(16)10-23/h3-10,12,24H,11H2,1-2H3/i11D2. The quantitative estimate of drug-likeness (QED) is 0.694. The highest BCUT2D eigenvalue weighted by molar-refractivity contribution is 5.83. The lowest BCUT2D eigenvalue weighted by Gasteiger charge is -2.14. The Bertz CT molecular complexity index is 973. The van der Waals surface area contributed by atoms with Gasteiger partial charge in [0.15, 0.2) is 12.1 Å². The number of aromatic hydroxyl groups is 1. The van der Waals surface area contributed by atoms with E-state index < -0.39 is 6.56 Å². The number of rotatable bonds is 6. The number of hydrogen-bond donors (Lipinski definition) is 1. The van der Waals surface area contributed by atoms with E-state index >= 15 is 0 Å². The fraction of sp³-hybridized carbons (Fsp3) is 0.222. The molecule has 0 atom stereocenters. The number of carbonyl (C=O) groups is 1. The molecular formula is C18H18N4O3. The van der Waals surface area contributed by atoms with Crippen molar-refractivity contribution >= 4 is 6.29 Å². The van der Waals surface area contributed by atoms with E-state index in [1.165, 1.54) is 30.6 Å². The Morgan fingerprint density at radius 2 is 2.08 bits per heavy atom. The highest BCUT2D eigenvalue weighted by Crippen LogP contribution is 2.26. The summed E-state index contributed by atoms with van der Waals surface area (Å²) in [6, 6.07) is 4.17. The van der Waals surface area contributed by atoms with Crippen LogP contribution >= 0.6 is 0 Å². The van der Waals surface area contributed by atoms with Gasteiger partial charge in [-0.2, -0.15) is 0 Å². The summed E-state index contributed by atoms with van der Waals surface area (Å²) in [5.74, 6) is 0.611. The van der Waals surface area contributed by atoms with Crippen molar-refractivity contribution in [3.8, 4) is 17.3 Å². The Labute approximate surface area is 147 Å². The molecule has 0 aliphatic rings. The fourth-order valence-electron chi connectivity index (χ4n) is 2.34. The summed E-state index contributed by atoms with van der Waals surface area (Å²) in [5.41, 5.74) is -0.220. The van der Waals surface area contributed by atoms with Crippen LogP contribution in [0.25, 0.3) is 5.82 Å². The van der Waals surface area contributed by atoms with Gasteiger partial charge in [-0.25, -0.2) is 9.97 Å². The monoisotopic (exact) mass is 340 g/mol. The summed E-state index contributed by atoms with van der Waals surface area (Å²) in [6.07, 6.45) is 6.48. The summed E-state index contributed by atoms with van der Waals surface area (Å²) in [7, 11) is 0. The van der Waals surface area contributed by atoms with Crippen LogP contribution in [0.15, 0.2) is 43.0 Å². The molecule has 0 saturated carbocycles. The summed E-state index contributed by atoms with van der Waals surface area (Å²) in [4.78, 5) is 23.9. The van der Waals surface area contributed by atoms with Crippen molar-refractivity contribution < 1.29 is 17.4 Å². The van der Waals surface area contributed by atoms with E-state index in [0.29, 0.717) is 12.1 Å². The van der Waals surface area contributed by atoms with Crippen molar-refractivity contribution in [1.29, 1.82) is 0 Å². The maximum absolute atomic E-state index is 11.2. The highest BCUT2D eigenvalue weighted by Gasteiger charge is 2.15. The third kappa shape index (κ3) is 3.35. The van der Waals surface area contributed by atoms with Gasteiger partial charge in [0, 0.05) is 30.7 Å². The Morgan fingerprint density at radius 1 is 1.28 bits per heavy atom. The predicted molar refractivity (Wildman–Crippen MR) is 91.1 cm³/mol. The van der Waals surface area contributed by atoms with Crippen molar-refractivity contribution in [1.82, 2.24) is 19.5 Å². The number of ether oxygens (including phenoxy) is 1. The molecule has 7 nitrogen and oxygen atoms in total. The van der Waals surface area contributed by atoms with Crippen LogP contribution < -0.4 is 4.74 Å². The lowest BCUT2D eigenvalue weighted by atomic mass is 10.2. The zero-order valence-corrected chi connectivity index (χ0v) is 13.7. The first-order valence-electron chi connectivity index (χ1n) is 8.66. The molecule has 3 rings (SSSR count). The lowest BCUT2D eigenvalue weighted by molar-refractivity contribution is 0.111. The van der Waals surface area contributed by atoms with Crippen LogP contribution in [-0.4, -0.2) is 30.9 Å². The van der Waals surface area contributed by atoms with E-state index in [1.54, 1.807) is 17.0 Å². The number of imidazole rings is 1. The van der Waals surface area contributed by atoms with E-state index in [0.717, 1.165) is 0 Å². The maximum Gasteiger partial charge on any atom is 0.163 e. The van der Waals surface area contributed by atoms with Gasteiger partial charge in [-0.3, -0.25) is 14.3 Å². The van der Waals surface area contributed by atoms with Gasteiger partial charge < -0.3 is 9.84 Å². The Hall–Kier alpha value is -3.22. The summed E-state index contributed by atoms with van der Waals surface area (Å²) in [6.45, 7) is 1.50. The van der Waals surface area contributed by atoms with Gasteiger partial charge >= 0.3 is 0 Å². The van der Waals surface area contributed by atoms with Crippen LogP contribution in [0, 0.1) is 0 Å². The summed E-state index contributed by atoms with van der Waals surface area (Å²) >= 11 is 0. The number of phenols is 1. The van der Waals surface area contributed by atoms with Gasteiger partial charge in [0.05, 0.1) is 8.30 Å². The largest absolute Gasteiger partial charge is 0.507 e. The molecular weight excluding hydrogens is 320 g/mol. The number of carbonyl (C=O) groups excluding carboxylic acids is 1. The van der Waals surface area contributed by atoms with Crippen LogP contribution in [0.2, 0.25) is 0 Å². The molecule has 1 N–H and O–H groups in total. The van der Waals surface area contributed by atoms with Crippen LogP contribution in [-0.2, 0) is 6.56 Å². The minimum Gasteiger partial charge on any atom is -0.507 e. The van der Waals surface area contributed by atoms with Crippen molar-refractivity contribution in [3.63, 3.8) is 0 Å². The minimum atomic E-state index is -2.42. The van der Waals surface area contributed by atoms with Crippen LogP contribution in [0.3, 0.4) is 0 Å². The van der Waals surface area contributed by atoms with E-state index in [9.17, 15) is 9.90 Å². The highest BCUT2D eigenvalue weighted by atomic mass is 16.5. The Morgan fingerprint density at radius 3 is 2.84 bits per heavy atom. The summed E-state index contributed by atoms with van der Waals surface area (Å²) < 4.78 is 23.8. The third-order valence-electron chi connectivity index (χ3n) is 3.51. The molecule has 0 spiro atoms. The number of aromatic nitrogens is 4. The van der Waals surface area contributed by atoms with Crippen LogP contribution in [0.1, 0.15) is 44.4 Å². The average molecular weight is 340 g/mol. The smallest absolute Gasteiger partial charge is 0.163 e. The third-order valence-corrected chi connectivity index (χ3v) is 3.51. The Kier molecular flexibility index (Phi) is 4.03. The molecule has 0 saturated heterocycles. The minimum absolute atomic E-state index is 0.0781. The Balaban J connectivity index is 2.08. The number of hydrogen-bond acceptors (Lipinski definition) is 6. The second-order valence-electron chi connectivity index (χ2n) is 5.55. The molecule has 0 aliphatic carbocycles. The lowest BCUT2D eigenvalue weighted by Crippen LogP contribution is -2.11. The molecule has 0 bridgehead atoms. The van der Waals surface area contributed by atoms with E-state index in [2.05, 4.69) is 15.0 Å². The number of aldehydes is 1. The molecule has 128 valence electrons. The zero-order valence-electron chi connectivity index (χ0n) is 15.7. The topological polar surface area (TPSA) is 90.1 Å². The summed E-state index contributed by atoms with van der Waals surface area (Å²) in [5, 5.41) is 9.79. The van der Waals surface area contributed by atoms with E-state index in [4.69, 9.17) is 7.48 Å². The predicted octanol–water partition coefficient (Wildman–Crippen LogP) is 2.88. The van der Waals surface area contributed by atoms with E-state index in [-0.39, 0.29) is 34.5 Å². The fourth-order valence-corrected chi connectivity index (χ4v) is 2.34. The van der Waals surface area contributed by atoms with Crippen molar-refractivity contribution in [2.75, 3.05) is 0 Å². The molecule has 7 heteroatoms. The molecule has 0 aliphatic heterocycles. The average Bonchev–Trinajstić information content (AvgIpc) is 3.11. The first kappa shape index (κ1) is 14.2. The number of phenolic OH excluding ortho intramolecular Hbond substituents is 1. The molecule has 0 amide bonds. The first-order chi connectivity index (χ1) is 12.8. The SMILES string of the molecule is [2H]C([2H])(Oc1cccc(O)c1C=O)c1nccnc1-n1ccnc1C(C)C. The molecule has 0 unspecified atom stereocenters.